The number of aromatic amines is 1. The predicted molar refractivity (Wildman–Crippen MR) is 215 cm³/mol. The number of aromatic nitrogens is 5. The number of H-pyrrole nitrogens is 1. The van der Waals surface area contributed by atoms with Crippen LogP contribution in [-0.4, -0.2) is 94.8 Å². The molecule has 6 heterocycles. The van der Waals surface area contributed by atoms with Crippen molar-refractivity contribution in [3.05, 3.63) is 77.8 Å². The van der Waals surface area contributed by atoms with Crippen LogP contribution in [0.5, 0.6) is 5.75 Å². The second kappa shape index (κ2) is 15.3. The Morgan fingerprint density at radius 3 is 2.49 bits per heavy atom. The van der Waals surface area contributed by atoms with Gasteiger partial charge in [0.1, 0.15) is 11.6 Å². The van der Waals surface area contributed by atoms with Crippen molar-refractivity contribution in [2.24, 2.45) is 5.41 Å². The summed E-state index contributed by atoms with van der Waals surface area (Å²) in [4.78, 5) is 33.2. The first-order valence-electron chi connectivity index (χ1n) is 20.1. The zero-order valence-electron chi connectivity index (χ0n) is 32.8. The number of aryl methyl sites for hydroxylation is 1. The lowest BCUT2D eigenvalue weighted by molar-refractivity contribution is -0.134. The van der Waals surface area contributed by atoms with Gasteiger partial charge in [-0.05, 0) is 113 Å². The van der Waals surface area contributed by atoms with E-state index >= 15 is 8.78 Å². The standard InChI is InChI=1S/C41H46F2N10O5S/c1-3-58-37-30(25-21-44-45-22-25)8-12-53-38(37)48-40(49-53)46-34-6-4-29(16-24(34)2)59(56,57)50-26-17-27(18-26)51-13-9-41(10-14-51)11-15-52(23-41)28-19-32(42)36(33(43)20-28)31-5-7-35(54)47-39(31)55/h4,6,8,12,16,19-22,26-27,31,50H,3,5,7,9-11,13-15,17-18,23H2,1-2H3,(H,44,45)(H,46,49)(H,47,54,55). The maximum absolute atomic E-state index is 15.3. The first-order chi connectivity index (χ1) is 28.4. The van der Waals surface area contributed by atoms with Gasteiger partial charge in [0.25, 0.3) is 0 Å². The van der Waals surface area contributed by atoms with Crippen LogP contribution in [0.4, 0.5) is 26.1 Å². The van der Waals surface area contributed by atoms with Gasteiger partial charge in [-0.15, -0.1) is 5.10 Å². The van der Waals surface area contributed by atoms with E-state index in [1.165, 1.54) is 12.1 Å². The maximum Gasteiger partial charge on any atom is 0.247 e. The molecule has 2 aromatic carbocycles. The quantitative estimate of drug-likeness (QED) is 0.129. The second-order valence-electron chi connectivity index (χ2n) is 16.3. The lowest BCUT2D eigenvalue weighted by Crippen LogP contribution is -2.56. The highest BCUT2D eigenvalue weighted by atomic mass is 32.2. The van der Waals surface area contributed by atoms with Crippen LogP contribution in [0.25, 0.3) is 16.8 Å². The molecule has 1 unspecified atom stereocenters. The SMILES string of the molecule is CCOc1c(-c2cn[nH]c2)ccn2nc(Nc3ccc(S(=O)(=O)NC4CC(N5CCC6(CCN(c7cc(F)c(C8CCC(=O)NC8=O)c(F)c7)C6)CC5)C4)cc3C)nc12. The van der Waals surface area contributed by atoms with E-state index in [4.69, 9.17) is 4.74 Å². The van der Waals surface area contributed by atoms with E-state index in [-0.39, 0.29) is 40.8 Å². The second-order valence-corrected chi connectivity index (χ2v) is 18.0. The number of anilines is 3. The molecule has 9 rings (SSSR count). The van der Waals surface area contributed by atoms with Gasteiger partial charge in [0.15, 0.2) is 11.4 Å². The molecule has 5 aromatic rings. The van der Waals surface area contributed by atoms with Crippen LogP contribution in [-0.2, 0) is 19.6 Å². The van der Waals surface area contributed by atoms with Gasteiger partial charge in [0, 0.05) is 72.1 Å². The normalized spacial score (nSPS) is 22.2. The molecule has 4 aliphatic rings. The van der Waals surface area contributed by atoms with Crippen LogP contribution < -0.4 is 25.0 Å². The Hall–Kier alpha value is -5.46. The summed E-state index contributed by atoms with van der Waals surface area (Å²) in [5.74, 6) is -2.73. The van der Waals surface area contributed by atoms with Crippen LogP contribution in [0.2, 0.25) is 0 Å². The van der Waals surface area contributed by atoms with Crippen LogP contribution in [0, 0.1) is 24.0 Å². The Labute approximate surface area is 339 Å². The van der Waals surface area contributed by atoms with Gasteiger partial charge < -0.3 is 19.9 Å². The molecular weight excluding hydrogens is 783 g/mol. The van der Waals surface area contributed by atoms with Crippen molar-refractivity contribution >= 4 is 44.8 Å². The third-order valence-electron chi connectivity index (χ3n) is 12.6. The number of benzene rings is 2. The van der Waals surface area contributed by atoms with Gasteiger partial charge in [0.2, 0.25) is 27.8 Å². The van der Waals surface area contributed by atoms with Crippen molar-refractivity contribution in [3.63, 3.8) is 0 Å². The third-order valence-corrected chi connectivity index (χ3v) is 14.1. The summed E-state index contributed by atoms with van der Waals surface area (Å²) in [6.07, 6.45) is 9.67. The summed E-state index contributed by atoms with van der Waals surface area (Å²) >= 11 is 0. The zero-order chi connectivity index (χ0) is 41.1. The molecule has 4 N–H and O–H groups in total. The first-order valence-corrected chi connectivity index (χ1v) is 21.6. The molecule has 59 heavy (non-hydrogen) atoms. The zero-order valence-corrected chi connectivity index (χ0v) is 33.6. The number of imide groups is 1. The van der Waals surface area contributed by atoms with Crippen molar-refractivity contribution in [1.29, 1.82) is 0 Å². The first kappa shape index (κ1) is 39.0. The maximum atomic E-state index is 15.3. The number of ether oxygens (including phenoxy) is 1. The highest BCUT2D eigenvalue weighted by molar-refractivity contribution is 7.89. The molecule has 4 fully saturated rings. The van der Waals surface area contributed by atoms with Gasteiger partial charge >= 0.3 is 0 Å². The number of rotatable bonds is 11. The third kappa shape index (κ3) is 7.53. The van der Waals surface area contributed by atoms with E-state index in [9.17, 15) is 18.0 Å². The Bertz CT molecular complexity index is 2510. The fourth-order valence-corrected chi connectivity index (χ4v) is 10.6. The number of pyridine rings is 1. The van der Waals surface area contributed by atoms with Gasteiger partial charge in [-0.1, -0.05) is 0 Å². The number of nitrogens with one attached hydrogen (secondary N) is 4. The smallest absolute Gasteiger partial charge is 0.247 e. The highest BCUT2D eigenvalue weighted by Crippen LogP contribution is 2.44. The summed E-state index contributed by atoms with van der Waals surface area (Å²) < 4.78 is 68.1. The number of halogens is 2. The van der Waals surface area contributed by atoms with Crippen LogP contribution in [0.15, 0.2) is 59.9 Å². The van der Waals surface area contributed by atoms with Crippen LogP contribution in [0.3, 0.4) is 0 Å². The van der Waals surface area contributed by atoms with Crippen molar-refractivity contribution < 1.29 is 31.5 Å². The molecule has 0 bridgehead atoms. The molecule has 0 radical (unpaired) electrons. The van der Waals surface area contributed by atoms with Gasteiger partial charge in [0.05, 0.1) is 23.6 Å². The number of piperidine rings is 2. The molecule has 1 aliphatic carbocycles. The number of likely N-dealkylation sites (tertiary alicyclic amines) is 1. The van der Waals surface area contributed by atoms with E-state index in [0.717, 1.165) is 61.9 Å². The van der Waals surface area contributed by atoms with E-state index in [1.807, 2.05) is 24.8 Å². The minimum atomic E-state index is -3.76. The fourth-order valence-electron chi connectivity index (χ4n) is 9.20. The van der Waals surface area contributed by atoms with E-state index in [1.54, 1.807) is 41.3 Å². The Balaban J connectivity index is 0.774. The summed E-state index contributed by atoms with van der Waals surface area (Å²) in [5, 5.41) is 16.8. The average molecular weight is 829 g/mol. The molecule has 1 atom stereocenters. The van der Waals surface area contributed by atoms with Crippen molar-refractivity contribution in [3.8, 4) is 16.9 Å². The Kier molecular flexibility index (Phi) is 10.1. The van der Waals surface area contributed by atoms with E-state index in [0.29, 0.717) is 48.4 Å². The van der Waals surface area contributed by atoms with Crippen molar-refractivity contribution in [1.82, 2.24) is 39.7 Å². The average Bonchev–Trinajstić information content (AvgIpc) is 3.96. The number of amides is 2. The Morgan fingerprint density at radius 1 is 1.03 bits per heavy atom. The fraction of sp³-hybridized carbons (Fsp3) is 0.439. The Morgan fingerprint density at radius 2 is 1.80 bits per heavy atom. The van der Waals surface area contributed by atoms with E-state index in [2.05, 4.69) is 40.5 Å². The molecule has 15 nitrogen and oxygen atoms in total. The number of hydrogen-bond acceptors (Lipinski definition) is 11. The molecule has 310 valence electrons. The molecule has 3 aromatic heterocycles. The van der Waals surface area contributed by atoms with Crippen molar-refractivity contribution in [2.45, 2.75) is 81.7 Å². The molecule has 18 heteroatoms. The molecular formula is C41H46F2N10O5S. The summed E-state index contributed by atoms with van der Waals surface area (Å²) in [5.41, 5.74) is 3.84. The molecule has 2 amide bonds. The minimum Gasteiger partial charge on any atom is -0.489 e. The number of fused-ring (bicyclic) bond motifs is 1. The number of carbonyl (C=O) groups is 2. The summed E-state index contributed by atoms with van der Waals surface area (Å²) in [7, 11) is -3.76. The van der Waals surface area contributed by atoms with Gasteiger partial charge in [-0.2, -0.15) is 10.1 Å². The number of hydrogen-bond donors (Lipinski definition) is 4. The summed E-state index contributed by atoms with van der Waals surface area (Å²) in [6, 6.07) is 9.58. The summed E-state index contributed by atoms with van der Waals surface area (Å²) in [6.45, 7) is 7.30. The number of carbonyl (C=O) groups excluding carboxylic acids is 2. The monoisotopic (exact) mass is 828 g/mol. The predicted octanol–water partition coefficient (Wildman–Crippen LogP) is 5.17. The highest BCUT2D eigenvalue weighted by Gasteiger charge is 2.45. The molecule has 3 saturated heterocycles. The van der Waals surface area contributed by atoms with Gasteiger partial charge in [-0.25, -0.2) is 26.4 Å². The molecule has 1 saturated carbocycles. The lowest BCUT2D eigenvalue weighted by Gasteiger charge is -2.48. The van der Waals surface area contributed by atoms with Crippen LogP contribution in [0.1, 0.15) is 68.9 Å². The number of nitrogens with zero attached hydrogens (tertiary/aromatic N) is 6. The van der Waals surface area contributed by atoms with Crippen LogP contribution >= 0.6 is 0 Å². The van der Waals surface area contributed by atoms with Crippen molar-refractivity contribution in [2.75, 3.05) is 43.0 Å². The minimum absolute atomic E-state index is 0.0350. The lowest BCUT2D eigenvalue weighted by atomic mass is 9.76. The largest absolute Gasteiger partial charge is 0.489 e. The number of sulfonamides is 1. The topological polar surface area (TPSA) is 179 Å². The van der Waals surface area contributed by atoms with Gasteiger partial charge in [-0.3, -0.25) is 20.0 Å². The van der Waals surface area contributed by atoms with E-state index < -0.39 is 39.4 Å². The molecule has 3 aliphatic heterocycles. The molecule has 1 spiro atoms.